The Morgan fingerprint density at radius 1 is 1.28 bits per heavy atom. The normalized spacial score (nSPS) is 11.2. The van der Waals surface area contributed by atoms with Crippen LogP contribution in [0.4, 0.5) is 5.69 Å². The van der Waals surface area contributed by atoms with Crippen molar-refractivity contribution in [3.63, 3.8) is 0 Å². The largest absolute Gasteiger partial charge is 0.325 e. The van der Waals surface area contributed by atoms with Gasteiger partial charge in [-0.25, -0.2) is 4.98 Å². The number of anilines is 1. The van der Waals surface area contributed by atoms with Gasteiger partial charge in [0.2, 0.25) is 5.91 Å². The molecule has 0 saturated carbocycles. The van der Waals surface area contributed by atoms with Gasteiger partial charge in [-0.05, 0) is 52.3 Å². The lowest BCUT2D eigenvalue weighted by molar-refractivity contribution is -0.113. The summed E-state index contributed by atoms with van der Waals surface area (Å²) in [4.78, 5) is 43.4. The topological polar surface area (TPSA) is 81.1 Å². The van der Waals surface area contributed by atoms with Gasteiger partial charge in [0.05, 0.1) is 11.1 Å². The molecule has 0 fully saturated rings. The van der Waals surface area contributed by atoms with Gasteiger partial charge in [0.25, 0.3) is 5.56 Å². The maximum absolute atomic E-state index is 13.0. The van der Waals surface area contributed by atoms with E-state index >= 15 is 0 Å². The molecule has 0 bridgehead atoms. The van der Waals surface area contributed by atoms with Crippen LogP contribution < -0.4 is 10.9 Å². The van der Waals surface area contributed by atoms with Crippen molar-refractivity contribution in [3.8, 4) is 0 Å². The van der Waals surface area contributed by atoms with Crippen LogP contribution >= 0.6 is 23.1 Å². The zero-order chi connectivity index (χ0) is 21.3. The van der Waals surface area contributed by atoms with Crippen LogP contribution in [0, 0.1) is 13.8 Å². The molecule has 1 amide bonds. The SMILES string of the molecule is CC(=O)c1cccc(NC(=O)CSc2nc3sc(C)c(C)c3c(=O)n2C(C)C)c1. The molecule has 152 valence electrons. The van der Waals surface area contributed by atoms with Crippen molar-refractivity contribution in [1.29, 1.82) is 0 Å². The van der Waals surface area contributed by atoms with Crippen molar-refractivity contribution in [2.75, 3.05) is 11.1 Å². The Kier molecular flexibility index (Phi) is 6.24. The van der Waals surface area contributed by atoms with Crippen LogP contribution in [-0.2, 0) is 4.79 Å². The van der Waals surface area contributed by atoms with Crippen LogP contribution in [0.15, 0.2) is 34.2 Å². The number of aromatic nitrogens is 2. The van der Waals surface area contributed by atoms with Gasteiger partial charge in [-0.1, -0.05) is 23.9 Å². The molecule has 3 rings (SSSR count). The molecule has 2 aromatic heterocycles. The first-order chi connectivity index (χ1) is 13.7. The number of carbonyl (C=O) groups is 2. The maximum atomic E-state index is 13.0. The third-order valence-electron chi connectivity index (χ3n) is 4.60. The van der Waals surface area contributed by atoms with Crippen LogP contribution in [-0.4, -0.2) is 27.0 Å². The van der Waals surface area contributed by atoms with E-state index in [1.54, 1.807) is 28.8 Å². The van der Waals surface area contributed by atoms with Crippen molar-refractivity contribution < 1.29 is 9.59 Å². The molecule has 0 aliphatic heterocycles. The van der Waals surface area contributed by atoms with Crippen molar-refractivity contribution in [3.05, 3.63) is 50.6 Å². The average Bonchev–Trinajstić information content (AvgIpc) is 2.94. The molecule has 1 N–H and O–H groups in total. The van der Waals surface area contributed by atoms with E-state index in [2.05, 4.69) is 10.3 Å². The number of nitrogens with one attached hydrogen (secondary N) is 1. The van der Waals surface area contributed by atoms with E-state index in [-0.39, 0.29) is 29.0 Å². The number of thioether (sulfide) groups is 1. The Bertz CT molecular complexity index is 1160. The fraction of sp³-hybridized carbons (Fsp3) is 0.333. The van der Waals surface area contributed by atoms with Crippen LogP contribution in [0.25, 0.3) is 10.2 Å². The van der Waals surface area contributed by atoms with Gasteiger partial charge in [-0.3, -0.25) is 19.0 Å². The summed E-state index contributed by atoms with van der Waals surface area (Å²) in [6.45, 7) is 9.27. The van der Waals surface area contributed by atoms with Crippen LogP contribution in [0.5, 0.6) is 0 Å². The molecular weight excluding hydrogens is 406 g/mol. The minimum Gasteiger partial charge on any atom is -0.325 e. The highest BCUT2D eigenvalue weighted by molar-refractivity contribution is 7.99. The highest BCUT2D eigenvalue weighted by atomic mass is 32.2. The van der Waals surface area contributed by atoms with Gasteiger partial charge < -0.3 is 5.32 Å². The van der Waals surface area contributed by atoms with Gasteiger partial charge in [0.1, 0.15) is 4.83 Å². The number of nitrogens with zero attached hydrogens (tertiary/aromatic N) is 2. The number of fused-ring (bicyclic) bond motifs is 1. The fourth-order valence-corrected chi connectivity index (χ4v) is 4.99. The van der Waals surface area contributed by atoms with E-state index in [9.17, 15) is 14.4 Å². The third kappa shape index (κ3) is 4.43. The first-order valence-electron chi connectivity index (χ1n) is 9.25. The summed E-state index contributed by atoms with van der Waals surface area (Å²) in [6.07, 6.45) is 0. The second-order valence-electron chi connectivity index (χ2n) is 7.10. The number of carbonyl (C=O) groups excluding carboxylic acids is 2. The average molecular weight is 430 g/mol. The number of amides is 1. The lowest BCUT2D eigenvalue weighted by Gasteiger charge is -2.15. The summed E-state index contributed by atoms with van der Waals surface area (Å²) in [5.74, 6) is -0.174. The highest BCUT2D eigenvalue weighted by Gasteiger charge is 2.19. The Morgan fingerprint density at radius 2 is 2.00 bits per heavy atom. The first-order valence-corrected chi connectivity index (χ1v) is 11.0. The number of rotatable bonds is 6. The molecule has 0 unspecified atom stereocenters. The molecule has 2 heterocycles. The van der Waals surface area contributed by atoms with Crippen LogP contribution in [0.3, 0.4) is 0 Å². The molecule has 0 atom stereocenters. The summed E-state index contributed by atoms with van der Waals surface area (Å²) in [6, 6.07) is 6.75. The molecule has 8 heteroatoms. The number of aryl methyl sites for hydroxylation is 2. The number of ketones is 1. The molecule has 0 spiro atoms. The quantitative estimate of drug-likeness (QED) is 0.352. The molecular formula is C21H23N3O3S2. The smallest absolute Gasteiger partial charge is 0.263 e. The predicted molar refractivity (Wildman–Crippen MR) is 120 cm³/mol. The zero-order valence-corrected chi connectivity index (χ0v) is 18.7. The van der Waals surface area contributed by atoms with Crippen LogP contribution in [0.2, 0.25) is 0 Å². The number of thiophene rings is 1. The van der Waals surface area contributed by atoms with E-state index in [4.69, 9.17) is 0 Å². The molecule has 0 aliphatic carbocycles. The van der Waals surface area contributed by atoms with E-state index in [0.717, 1.165) is 10.4 Å². The standard InChI is InChI=1S/C21H23N3O3S2/c1-11(2)24-20(27)18-12(3)14(5)29-19(18)23-21(24)28-10-17(26)22-16-8-6-7-15(9-16)13(4)25/h6-9,11H,10H2,1-5H3,(H,22,26). The minimum atomic E-state index is -0.223. The Hall–Kier alpha value is -2.45. The summed E-state index contributed by atoms with van der Waals surface area (Å²) in [5.41, 5.74) is 2.01. The van der Waals surface area contributed by atoms with Crippen molar-refractivity contribution in [2.24, 2.45) is 0 Å². The van der Waals surface area contributed by atoms with E-state index in [1.807, 2.05) is 27.7 Å². The predicted octanol–water partition coefficient (Wildman–Crippen LogP) is 4.59. The van der Waals surface area contributed by atoms with E-state index < -0.39 is 0 Å². The third-order valence-corrected chi connectivity index (χ3v) is 6.66. The zero-order valence-electron chi connectivity index (χ0n) is 17.0. The number of benzene rings is 1. The summed E-state index contributed by atoms with van der Waals surface area (Å²) >= 11 is 2.74. The summed E-state index contributed by atoms with van der Waals surface area (Å²) in [7, 11) is 0. The fourth-order valence-electron chi connectivity index (χ4n) is 2.99. The first kappa shape index (κ1) is 21.3. The monoisotopic (exact) mass is 429 g/mol. The highest BCUT2D eigenvalue weighted by Crippen LogP contribution is 2.29. The van der Waals surface area contributed by atoms with Crippen molar-refractivity contribution >= 4 is 50.7 Å². The Labute approximate surface area is 177 Å². The second-order valence-corrected chi connectivity index (χ2v) is 9.25. The maximum Gasteiger partial charge on any atom is 0.263 e. The Balaban J connectivity index is 1.84. The molecule has 1 aromatic carbocycles. The Morgan fingerprint density at radius 3 is 2.66 bits per heavy atom. The number of Topliss-reactive ketones (excluding diaryl/α,β-unsaturated/α-hetero) is 1. The molecule has 29 heavy (non-hydrogen) atoms. The molecule has 0 radical (unpaired) electrons. The molecule has 0 aliphatic rings. The summed E-state index contributed by atoms with van der Waals surface area (Å²) in [5, 5.41) is 3.99. The van der Waals surface area contributed by atoms with Gasteiger partial charge in [0, 0.05) is 22.2 Å². The molecule has 0 saturated heterocycles. The van der Waals surface area contributed by atoms with Gasteiger partial charge in [-0.2, -0.15) is 0 Å². The number of hydrogen-bond acceptors (Lipinski definition) is 6. The van der Waals surface area contributed by atoms with Crippen molar-refractivity contribution in [1.82, 2.24) is 9.55 Å². The van der Waals surface area contributed by atoms with E-state index in [0.29, 0.717) is 26.6 Å². The molecule has 6 nitrogen and oxygen atoms in total. The van der Waals surface area contributed by atoms with E-state index in [1.165, 1.54) is 30.0 Å². The second kappa shape index (κ2) is 8.51. The minimum absolute atomic E-state index is 0.0598. The van der Waals surface area contributed by atoms with Crippen molar-refractivity contribution in [2.45, 2.75) is 45.8 Å². The lowest BCUT2D eigenvalue weighted by Crippen LogP contribution is -2.25. The number of hydrogen-bond donors (Lipinski definition) is 1. The van der Waals surface area contributed by atoms with Crippen LogP contribution in [0.1, 0.15) is 47.6 Å². The lowest BCUT2D eigenvalue weighted by atomic mass is 10.1. The van der Waals surface area contributed by atoms with Gasteiger partial charge in [0.15, 0.2) is 10.9 Å². The van der Waals surface area contributed by atoms with Gasteiger partial charge >= 0.3 is 0 Å². The molecule has 3 aromatic rings. The van der Waals surface area contributed by atoms with Gasteiger partial charge in [-0.15, -0.1) is 11.3 Å². The summed E-state index contributed by atoms with van der Waals surface area (Å²) < 4.78 is 1.65.